The van der Waals surface area contributed by atoms with Crippen LogP contribution in [-0.2, 0) is 9.59 Å². The van der Waals surface area contributed by atoms with Crippen LogP contribution in [0.3, 0.4) is 0 Å². The fraction of sp³-hybridized carbons (Fsp3) is 0.875. The smallest absolute Gasteiger partial charge is 0.222 e. The molecule has 0 aromatic heterocycles. The van der Waals surface area contributed by atoms with Crippen LogP contribution in [0.4, 0.5) is 0 Å². The quantitative estimate of drug-likeness (QED) is 0.692. The zero-order valence-corrected chi connectivity index (χ0v) is 13.2. The molecule has 0 aliphatic carbocycles. The van der Waals surface area contributed by atoms with Crippen molar-refractivity contribution in [2.24, 2.45) is 11.8 Å². The highest BCUT2D eigenvalue weighted by Crippen LogP contribution is 2.22. The first-order chi connectivity index (χ1) is 10.2. The molecule has 2 unspecified atom stereocenters. The van der Waals surface area contributed by atoms with Crippen molar-refractivity contribution in [3.63, 3.8) is 0 Å². The lowest BCUT2D eigenvalue weighted by atomic mass is 9.85. The van der Waals surface area contributed by atoms with Crippen LogP contribution in [0.25, 0.3) is 0 Å². The number of likely N-dealkylation sites (tertiary alicyclic amines) is 1. The van der Waals surface area contributed by atoms with Crippen molar-refractivity contribution >= 4 is 11.8 Å². The second-order valence-corrected chi connectivity index (χ2v) is 6.48. The molecule has 21 heavy (non-hydrogen) atoms. The van der Waals surface area contributed by atoms with Gasteiger partial charge >= 0.3 is 0 Å². The molecule has 0 bridgehead atoms. The second-order valence-electron chi connectivity index (χ2n) is 6.48. The van der Waals surface area contributed by atoms with Gasteiger partial charge in [0.25, 0.3) is 0 Å². The Morgan fingerprint density at radius 3 is 3.00 bits per heavy atom. The van der Waals surface area contributed by atoms with E-state index in [2.05, 4.69) is 17.6 Å². The topological polar surface area (TPSA) is 61.4 Å². The van der Waals surface area contributed by atoms with E-state index in [9.17, 15) is 9.59 Å². The lowest BCUT2D eigenvalue weighted by molar-refractivity contribution is -0.127. The van der Waals surface area contributed by atoms with Crippen molar-refractivity contribution in [1.82, 2.24) is 15.5 Å². The summed E-state index contributed by atoms with van der Waals surface area (Å²) in [5.74, 6) is 1.49. The highest BCUT2D eigenvalue weighted by Gasteiger charge is 2.22. The largest absolute Gasteiger partial charge is 0.356 e. The summed E-state index contributed by atoms with van der Waals surface area (Å²) in [6.07, 6.45) is 5.61. The molecular weight excluding hydrogens is 266 g/mol. The Balaban J connectivity index is 1.55. The maximum absolute atomic E-state index is 11.9. The Morgan fingerprint density at radius 2 is 2.33 bits per heavy atom. The van der Waals surface area contributed by atoms with E-state index in [0.717, 1.165) is 39.0 Å². The van der Waals surface area contributed by atoms with Crippen LogP contribution in [-0.4, -0.2) is 49.4 Å². The minimum Gasteiger partial charge on any atom is -0.356 e. The van der Waals surface area contributed by atoms with Crippen molar-refractivity contribution in [3.05, 3.63) is 0 Å². The fourth-order valence-corrected chi connectivity index (χ4v) is 3.33. The van der Waals surface area contributed by atoms with Crippen molar-refractivity contribution in [1.29, 1.82) is 0 Å². The molecule has 2 fully saturated rings. The number of hydrogen-bond acceptors (Lipinski definition) is 3. The number of rotatable bonds is 7. The van der Waals surface area contributed by atoms with E-state index in [4.69, 9.17) is 0 Å². The van der Waals surface area contributed by atoms with E-state index < -0.39 is 0 Å². The molecule has 2 heterocycles. The first-order valence-corrected chi connectivity index (χ1v) is 8.42. The summed E-state index contributed by atoms with van der Waals surface area (Å²) in [5, 5.41) is 6.40. The van der Waals surface area contributed by atoms with Gasteiger partial charge < -0.3 is 15.5 Å². The van der Waals surface area contributed by atoms with Crippen LogP contribution < -0.4 is 10.6 Å². The van der Waals surface area contributed by atoms with E-state index >= 15 is 0 Å². The first kappa shape index (κ1) is 16.3. The summed E-state index contributed by atoms with van der Waals surface area (Å²) in [6, 6.07) is 0. The molecule has 5 heteroatoms. The molecule has 0 spiro atoms. The van der Waals surface area contributed by atoms with E-state index in [0.29, 0.717) is 31.2 Å². The molecule has 2 aliphatic heterocycles. The number of piperidine rings is 1. The van der Waals surface area contributed by atoms with Crippen molar-refractivity contribution in [2.75, 3.05) is 32.7 Å². The molecule has 0 saturated carbocycles. The summed E-state index contributed by atoms with van der Waals surface area (Å²) in [4.78, 5) is 25.3. The number of carbonyl (C=O) groups excluding carboxylic acids is 2. The van der Waals surface area contributed by atoms with Gasteiger partial charge in [0.15, 0.2) is 0 Å². The molecule has 2 N–H and O–H groups in total. The molecule has 5 nitrogen and oxygen atoms in total. The third kappa shape index (κ3) is 5.30. The van der Waals surface area contributed by atoms with Gasteiger partial charge in [-0.05, 0) is 50.6 Å². The number of carbonyl (C=O) groups is 2. The molecule has 0 radical (unpaired) electrons. The predicted octanol–water partition coefficient (Wildman–Crippen LogP) is 1.14. The molecular formula is C16H29N3O2. The number of nitrogens with zero attached hydrogens (tertiary/aromatic N) is 1. The molecule has 2 atom stereocenters. The number of nitrogens with one attached hydrogen (secondary N) is 2. The lowest BCUT2D eigenvalue weighted by Gasteiger charge is -2.28. The van der Waals surface area contributed by atoms with E-state index in [1.807, 2.05) is 4.90 Å². The average Bonchev–Trinajstić information content (AvgIpc) is 2.90. The summed E-state index contributed by atoms with van der Waals surface area (Å²) in [5.41, 5.74) is 0. The fourth-order valence-electron chi connectivity index (χ4n) is 3.33. The van der Waals surface area contributed by atoms with Gasteiger partial charge in [-0.15, -0.1) is 0 Å². The molecule has 120 valence electrons. The third-order valence-corrected chi connectivity index (χ3v) is 4.75. The SMILES string of the molecule is CC(CC(=O)NCCCN1CCCC1=O)C1CCCNC1. The van der Waals surface area contributed by atoms with Gasteiger partial charge in [-0.3, -0.25) is 9.59 Å². The summed E-state index contributed by atoms with van der Waals surface area (Å²) >= 11 is 0. The van der Waals surface area contributed by atoms with Crippen molar-refractivity contribution in [2.45, 2.75) is 45.4 Å². The first-order valence-electron chi connectivity index (χ1n) is 8.42. The molecule has 2 aliphatic rings. The van der Waals surface area contributed by atoms with Gasteiger partial charge in [0, 0.05) is 32.5 Å². The monoisotopic (exact) mass is 295 g/mol. The van der Waals surface area contributed by atoms with Crippen LogP contribution >= 0.6 is 0 Å². The van der Waals surface area contributed by atoms with Crippen molar-refractivity contribution < 1.29 is 9.59 Å². The average molecular weight is 295 g/mol. The Kier molecular flexibility index (Phi) is 6.49. The zero-order chi connectivity index (χ0) is 15.1. The van der Waals surface area contributed by atoms with E-state index in [-0.39, 0.29) is 11.8 Å². The normalized spacial score (nSPS) is 24.1. The summed E-state index contributed by atoms with van der Waals surface area (Å²) in [6.45, 7) is 6.69. The lowest BCUT2D eigenvalue weighted by Crippen LogP contribution is -2.36. The molecule has 0 aromatic rings. The van der Waals surface area contributed by atoms with Crippen LogP contribution in [0, 0.1) is 11.8 Å². The minimum absolute atomic E-state index is 0.154. The third-order valence-electron chi connectivity index (χ3n) is 4.75. The Labute approximate surface area is 127 Å². The van der Waals surface area contributed by atoms with Gasteiger partial charge in [0.05, 0.1) is 0 Å². The van der Waals surface area contributed by atoms with Crippen LogP contribution in [0.5, 0.6) is 0 Å². The number of hydrogen-bond donors (Lipinski definition) is 2. The second kappa shape index (κ2) is 8.37. The van der Waals surface area contributed by atoms with Gasteiger partial charge in [-0.1, -0.05) is 6.92 Å². The maximum Gasteiger partial charge on any atom is 0.222 e. The van der Waals surface area contributed by atoms with Gasteiger partial charge in [0.2, 0.25) is 11.8 Å². The zero-order valence-electron chi connectivity index (χ0n) is 13.2. The minimum atomic E-state index is 0.154. The van der Waals surface area contributed by atoms with E-state index in [1.165, 1.54) is 12.8 Å². The van der Waals surface area contributed by atoms with Gasteiger partial charge in [-0.25, -0.2) is 0 Å². The molecule has 2 amide bonds. The van der Waals surface area contributed by atoms with Gasteiger partial charge in [0.1, 0.15) is 0 Å². The maximum atomic E-state index is 11.9. The predicted molar refractivity (Wildman–Crippen MR) is 82.8 cm³/mol. The van der Waals surface area contributed by atoms with Crippen LogP contribution in [0.1, 0.15) is 45.4 Å². The summed E-state index contributed by atoms with van der Waals surface area (Å²) < 4.78 is 0. The Hall–Kier alpha value is -1.10. The molecule has 0 aromatic carbocycles. The highest BCUT2D eigenvalue weighted by molar-refractivity contribution is 5.78. The Morgan fingerprint density at radius 1 is 1.48 bits per heavy atom. The Bertz CT molecular complexity index is 353. The number of amides is 2. The molecule has 2 rings (SSSR count). The van der Waals surface area contributed by atoms with Gasteiger partial charge in [-0.2, -0.15) is 0 Å². The van der Waals surface area contributed by atoms with Crippen LogP contribution in [0.15, 0.2) is 0 Å². The van der Waals surface area contributed by atoms with Crippen LogP contribution in [0.2, 0.25) is 0 Å². The molecule has 2 saturated heterocycles. The van der Waals surface area contributed by atoms with E-state index in [1.54, 1.807) is 0 Å². The summed E-state index contributed by atoms with van der Waals surface area (Å²) in [7, 11) is 0. The standard InChI is InChI=1S/C16H29N3O2/c1-13(14-5-2-7-17-12-14)11-15(20)18-8-4-10-19-9-3-6-16(19)21/h13-14,17H,2-12H2,1H3,(H,18,20). The highest BCUT2D eigenvalue weighted by atomic mass is 16.2. The van der Waals surface area contributed by atoms with Crippen molar-refractivity contribution in [3.8, 4) is 0 Å².